The number of nitrogens with zero attached hydrogens (tertiary/aromatic N) is 1. The lowest BCUT2D eigenvalue weighted by atomic mass is 9.89. The second-order valence-electron chi connectivity index (χ2n) is 5.62. The molecule has 0 aliphatic heterocycles. The molecular weight excluding hydrogens is 301 g/mol. The molecule has 3 aromatic rings. The lowest BCUT2D eigenvalue weighted by Gasteiger charge is -2.16. The number of rotatable bonds is 0. The summed E-state index contributed by atoms with van der Waals surface area (Å²) in [7, 11) is 0. The number of aromatic amines is 1. The molecule has 1 aliphatic carbocycles. The zero-order valence-corrected chi connectivity index (χ0v) is 12.1. The van der Waals surface area contributed by atoms with Crippen LogP contribution >= 0.6 is 0 Å². The molecule has 1 aromatic heterocycles. The Balaban J connectivity index is 2.05. The summed E-state index contributed by atoms with van der Waals surface area (Å²) in [6, 6.07) is 15.1. The Morgan fingerprint density at radius 1 is 0.826 bits per heavy atom. The first-order valence-electron chi connectivity index (χ1n) is 7.38. The van der Waals surface area contributed by atoms with Gasteiger partial charge in [-0.15, -0.1) is 0 Å². The van der Waals surface area contributed by atoms with Gasteiger partial charge >= 0.3 is 6.18 Å². The highest BCUT2D eigenvalue weighted by atomic mass is 19.4. The number of H-pyrrole nitrogens is 1. The first-order valence-corrected chi connectivity index (χ1v) is 7.38. The smallest absolute Gasteiger partial charge is 0.334 e. The molecule has 1 aliphatic rings. The van der Waals surface area contributed by atoms with E-state index in [1.54, 1.807) is 0 Å². The van der Waals surface area contributed by atoms with Crippen LogP contribution in [0.25, 0.3) is 22.5 Å². The number of benzene rings is 2. The van der Waals surface area contributed by atoms with Gasteiger partial charge in [-0.1, -0.05) is 48.5 Å². The van der Waals surface area contributed by atoms with E-state index < -0.39 is 12.0 Å². The van der Waals surface area contributed by atoms with Crippen LogP contribution in [0.15, 0.2) is 48.5 Å². The van der Waals surface area contributed by atoms with Crippen molar-refractivity contribution in [3.05, 3.63) is 65.5 Å². The van der Waals surface area contributed by atoms with Crippen molar-refractivity contribution in [2.45, 2.75) is 19.0 Å². The van der Waals surface area contributed by atoms with Gasteiger partial charge in [-0.05, 0) is 24.0 Å². The Morgan fingerprint density at radius 3 is 2.04 bits per heavy atom. The molecule has 0 saturated heterocycles. The van der Waals surface area contributed by atoms with Crippen molar-refractivity contribution in [2.24, 2.45) is 0 Å². The van der Waals surface area contributed by atoms with Crippen LogP contribution in [0.2, 0.25) is 0 Å². The van der Waals surface area contributed by atoms with Gasteiger partial charge in [0.1, 0.15) is 0 Å². The molecule has 1 N–H and O–H groups in total. The lowest BCUT2D eigenvalue weighted by Crippen LogP contribution is -2.07. The summed E-state index contributed by atoms with van der Waals surface area (Å²) in [5.41, 5.74) is 4.42. The number of halogens is 3. The molecule has 0 bridgehead atoms. The van der Waals surface area contributed by atoms with Crippen LogP contribution in [0.1, 0.15) is 17.0 Å². The molecule has 0 radical (unpaired) electrons. The van der Waals surface area contributed by atoms with Gasteiger partial charge in [0.15, 0.2) is 0 Å². The molecule has 0 amide bonds. The Kier molecular flexibility index (Phi) is 3.04. The highest BCUT2D eigenvalue weighted by molar-refractivity contribution is 5.82. The Hall–Kier alpha value is -2.56. The highest BCUT2D eigenvalue weighted by Gasteiger charge is 2.36. The average Bonchev–Trinajstić information content (AvgIpc) is 2.96. The molecule has 0 spiro atoms. The minimum absolute atomic E-state index is 0.375. The van der Waals surface area contributed by atoms with Crippen LogP contribution in [0.3, 0.4) is 0 Å². The zero-order chi connectivity index (χ0) is 16.0. The number of fused-ring (bicyclic) bond motifs is 5. The van der Waals surface area contributed by atoms with Gasteiger partial charge in [0.25, 0.3) is 0 Å². The summed E-state index contributed by atoms with van der Waals surface area (Å²) in [5.74, 6) is -0.950. The van der Waals surface area contributed by atoms with E-state index in [1.807, 2.05) is 48.5 Å². The number of hydrogen-bond acceptors (Lipinski definition) is 1. The summed E-state index contributed by atoms with van der Waals surface area (Å²) in [6.07, 6.45) is -2.93. The molecule has 1 heterocycles. The number of nitrogens with one attached hydrogen (secondary N) is 1. The fourth-order valence-electron chi connectivity index (χ4n) is 3.12. The number of aromatic nitrogens is 2. The van der Waals surface area contributed by atoms with Gasteiger partial charge in [0.2, 0.25) is 5.82 Å². The monoisotopic (exact) mass is 314 g/mol. The molecule has 23 heavy (non-hydrogen) atoms. The summed E-state index contributed by atoms with van der Waals surface area (Å²) < 4.78 is 39.4. The summed E-state index contributed by atoms with van der Waals surface area (Å²) in [6.45, 7) is 0. The number of imidazole rings is 1. The predicted octanol–water partition coefficient (Wildman–Crippen LogP) is 4.86. The van der Waals surface area contributed by atoms with Crippen molar-refractivity contribution in [2.75, 3.05) is 0 Å². The number of aryl methyl sites for hydroxylation is 2. The average molecular weight is 314 g/mol. The molecular formula is C18H13F3N2. The second-order valence-corrected chi connectivity index (χ2v) is 5.62. The lowest BCUT2D eigenvalue weighted by molar-refractivity contribution is -0.144. The normalized spacial score (nSPS) is 13.5. The number of hydrogen-bond donors (Lipinski definition) is 1. The maximum atomic E-state index is 13.1. The largest absolute Gasteiger partial charge is 0.449 e. The van der Waals surface area contributed by atoms with Crippen molar-refractivity contribution >= 4 is 0 Å². The number of alkyl halides is 3. The van der Waals surface area contributed by atoms with Crippen molar-refractivity contribution in [1.29, 1.82) is 0 Å². The first-order chi connectivity index (χ1) is 11.0. The van der Waals surface area contributed by atoms with Crippen molar-refractivity contribution in [3.63, 3.8) is 0 Å². The van der Waals surface area contributed by atoms with Gasteiger partial charge < -0.3 is 4.98 Å². The fourth-order valence-corrected chi connectivity index (χ4v) is 3.12. The minimum Gasteiger partial charge on any atom is -0.334 e. The molecule has 4 rings (SSSR count). The molecule has 0 atom stereocenters. The standard InChI is InChI=1S/C18H13F3N2/c19-18(20,21)17-22-15-13-7-3-1-5-11(13)9-10-12-6-2-4-8-14(12)16(15)23-17/h1-8H,9-10H2,(H,22,23). The minimum atomic E-state index is -4.50. The molecule has 116 valence electrons. The van der Waals surface area contributed by atoms with Crippen LogP contribution in [0.5, 0.6) is 0 Å². The van der Waals surface area contributed by atoms with Gasteiger partial charge in [0.05, 0.1) is 11.4 Å². The predicted molar refractivity (Wildman–Crippen MR) is 81.9 cm³/mol. The van der Waals surface area contributed by atoms with E-state index in [2.05, 4.69) is 9.97 Å². The third kappa shape index (κ3) is 2.32. The maximum Gasteiger partial charge on any atom is 0.449 e. The van der Waals surface area contributed by atoms with Gasteiger partial charge in [0, 0.05) is 11.1 Å². The quantitative estimate of drug-likeness (QED) is 0.630. The van der Waals surface area contributed by atoms with E-state index in [-0.39, 0.29) is 0 Å². The summed E-state index contributed by atoms with van der Waals surface area (Å²) in [4.78, 5) is 6.39. The van der Waals surface area contributed by atoms with Crippen LogP contribution < -0.4 is 0 Å². The second kappa shape index (κ2) is 4.98. The fraction of sp³-hybridized carbons (Fsp3) is 0.167. The van der Waals surface area contributed by atoms with Gasteiger partial charge in [-0.3, -0.25) is 0 Å². The van der Waals surface area contributed by atoms with Crippen LogP contribution in [-0.4, -0.2) is 9.97 Å². The van der Waals surface area contributed by atoms with Gasteiger partial charge in [-0.2, -0.15) is 13.2 Å². The molecule has 5 heteroatoms. The Labute approximate surface area is 131 Å². The maximum absolute atomic E-state index is 13.1. The van der Waals surface area contributed by atoms with Crippen LogP contribution in [0.4, 0.5) is 13.2 Å². The van der Waals surface area contributed by atoms with Crippen LogP contribution in [-0.2, 0) is 19.0 Å². The van der Waals surface area contributed by atoms with E-state index in [9.17, 15) is 13.2 Å². The Morgan fingerprint density at radius 2 is 1.39 bits per heavy atom. The van der Waals surface area contributed by atoms with E-state index in [4.69, 9.17) is 0 Å². The van der Waals surface area contributed by atoms with Gasteiger partial charge in [-0.25, -0.2) is 4.98 Å². The molecule has 2 aromatic carbocycles. The van der Waals surface area contributed by atoms with E-state index in [1.165, 1.54) is 0 Å². The van der Waals surface area contributed by atoms with Crippen molar-refractivity contribution in [1.82, 2.24) is 9.97 Å². The summed E-state index contributed by atoms with van der Waals surface area (Å²) >= 11 is 0. The molecule has 0 saturated carbocycles. The third-order valence-electron chi connectivity index (χ3n) is 4.20. The van der Waals surface area contributed by atoms with Crippen molar-refractivity contribution in [3.8, 4) is 22.5 Å². The van der Waals surface area contributed by atoms with Crippen molar-refractivity contribution < 1.29 is 13.2 Å². The molecule has 0 fully saturated rings. The SMILES string of the molecule is FC(F)(F)c1nc2c([nH]1)-c1ccccc1CCc1ccccc1-2. The summed E-state index contributed by atoms with van der Waals surface area (Å²) in [5, 5.41) is 0. The van der Waals surface area contributed by atoms with E-state index >= 15 is 0 Å². The van der Waals surface area contributed by atoms with E-state index in [0.717, 1.165) is 35.1 Å². The highest BCUT2D eigenvalue weighted by Crippen LogP contribution is 2.39. The third-order valence-corrected chi connectivity index (χ3v) is 4.20. The topological polar surface area (TPSA) is 28.7 Å². The Bertz CT molecular complexity index is 813. The molecule has 2 nitrogen and oxygen atoms in total. The van der Waals surface area contributed by atoms with Crippen LogP contribution in [0, 0.1) is 0 Å². The van der Waals surface area contributed by atoms with E-state index in [0.29, 0.717) is 11.4 Å². The zero-order valence-electron chi connectivity index (χ0n) is 12.1. The first kappa shape index (κ1) is 14.1. The molecule has 0 unspecified atom stereocenters.